The molecule has 3 fully saturated rings. The molecule has 0 radical (unpaired) electrons. The average molecular weight is 292 g/mol. The van der Waals surface area contributed by atoms with Crippen LogP contribution in [-0.4, -0.2) is 23.8 Å². The summed E-state index contributed by atoms with van der Waals surface area (Å²) in [7, 11) is 0. The van der Waals surface area contributed by atoms with Gasteiger partial charge in [0.25, 0.3) is 0 Å². The molecule has 17 heavy (non-hydrogen) atoms. The zero-order chi connectivity index (χ0) is 11.8. The van der Waals surface area contributed by atoms with Crippen molar-refractivity contribution in [2.75, 3.05) is 13.1 Å². The van der Waals surface area contributed by atoms with Crippen LogP contribution in [0.15, 0.2) is 34.4 Å². The Morgan fingerprint density at radius 3 is 2.41 bits per heavy atom. The lowest BCUT2D eigenvalue weighted by Gasteiger charge is -2.41. The highest BCUT2D eigenvalue weighted by molar-refractivity contribution is 9.10. The molecule has 3 heteroatoms. The molecule has 3 saturated heterocycles. The Morgan fingerprint density at radius 1 is 1.18 bits per heavy atom. The number of rotatable bonds is 1. The third-order valence-corrected chi connectivity index (χ3v) is 4.16. The lowest BCUT2D eigenvalue weighted by atomic mass is 9.84. The first kappa shape index (κ1) is 11.0. The Hall–Kier alpha value is -1.09. The smallest absolute Gasteiger partial charge is 0.182 e. The summed E-state index contributed by atoms with van der Waals surface area (Å²) in [6.07, 6.45) is 4.10. The average Bonchev–Trinajstić information content (AvgIpc) is 2.37. The zero-order valence-corrected chi connectivity index (χ0v) is 11.1. The molecule has 3 aliphatic rings. The van der Waals surface area contributed by atoms with Crippen molar-refractivity contribution >= 4 is 27.8 Å². The predicted octanol–water partition coefficient (Wildman–Crippen LogP) is 3.08. The maximum Gasteiger partial charge on any atom is 0.182 e. The van der Waals surface area contributed by atoms with Crippen molar-refractivity contribution in [3.05, 3.63) is 40.0 Å². The van der Waals surface area contributed by atoms with Crippen molar-refractivity contribution in [2.45, 2.75) is 12.8 Å². The van der Waals surface area contributed by atoms with E-state index in [0.717, 1.165) is 41.7 Å². The molecule has 4 rings (SSSR count). The van der Waals surface area contributed by atoms with Crippen LogP contribution in [0.4, 0.5) is 0 Å². The highest BCUT2D eigenvalue weighted by Crippen LogP contribution is 2.32. The van der Waals surface area contributed by atoms with Crippen molar-refractivity contribution in [3.63, 3.8) is 0 Å². The number of allylic oxidation sites excluding steroid dienone is 1. The molecule has 0 spiro atoms. The van der Waals surface area contributed by atoms with Crippen molar-refractivity contribution in [3.8, 4) is 0 Å². The minimum Gasteiger partial charge on any atom is -0.369 e. The molecular weight excluding hydrogens is 278 g/mol. The van der Waals surface area contributed by atoms with E-state index in [-0.39, 0.29) is 5.92 Å². The lowest BCUT2D eigenvalue weighted by Crippen LogP contribution is -2.45. The Morgan fingerprint density at radius 2 is 1.82 bits per heavy atom. The van der Waals surface area contributed by atoms with E-state index >= 15 is 0 Å². The Kier molecular flexibility index (Phi) is 2.79. The molecule has 0 aliphatic carbocycles. The summed E-state index contributed by atoms with van der Waals surface area (Å²) in [5.74, 6) is 0.618. The van der Waals surface area contributed by atoms with Crippen LogP contribution in [-0.2, 0) is 4.79 Å². The van der Waals surface area contributed by atoms with Gasteiger partial charge in [0.15, 0.2) is 5.78 Å². The maximum absolute atomic E-state index is 12.1. The summed E-state index contributed by atoms with van der Waals surface area (Å²) >= 11 is 3.42. The predicted molar refractivity (Wildman–Crippen MR) is 71.4 cm³/mol. The summed E-state index contributed by atoms with van der Waals surface area (Å²) in [4.78, 5) is 14.4. The van der Waals surface area contributed by atoms with Gasteiger partial charge in [0.05, 0.1) is 5.70 Å². The fourth-order valence-electron chi connectivity index (χ4n) is 2.63. The van der Waals surface area contributed by atoms with Crippen LogP contribution in [0.1, 0.15) is 18.4 Å². The largest absolute Gasteiger partial charge is 0.369 e. The third-order valence-electron chi connectivity index (χ3n) is 3.63. The molecule has 1 aromatic carbocycles. The van der Waals surface area contributed by atoms with Crippen LogP contribution in [0.25, 0.3) is 6.08 Å². The van der Waals surface area contributed by atoms with Crippen molar-refractivity contribution in [2.24, 2.45) is 5.92 Å². The van der Waals surface area contributed by atoms with E-state index in [1.165, 1.54) is 0 Å². The van der Waals surface area contributed by atoms with E-state index < -0.39 is 0 Å². The molecule has 0 unspecified atom stereocenters. The maximum atomic E-state index is 12.1. The van der Waals surface area contributed by atoms with Gasteiger partial charge in [-0.1, -0.05) is 28.1 Å². The third kappa shape index (κ3) is 2.04. The monoisotopic (exact) mass is 291 g/mol. The molecule has 1 aromatic rings. The standard InChI is InChI=1S/C14H14BrNO/c15-12-3-1-10(2-4-12)9-13-14(17)11-5-7-16(13)8-6-11/h1-4,9,11H,5-8H2/b13-9+. The van der Waals surface area contributed by atoms with Crippen LogP contribution < -0.4 is 0 Å². The number of carbonyl (C=O) groups is 1. The number of ketones is 1. The molecule has 0 atom stereocenters. The van der Waals surface area contributed by atoms with Crippen LogP contribution >= 0.6 is 15.9 Å². The molecule has 0 aromatic heterocycles. The molecular formula is C14H14BrNO. The summed E-state index contributed by atoms with van der Waals surface area (Å²) in [5, 5.41) is 0. The SMILES string of the molecule is O=C1/C(=C\c2ccc(Br)cc2)N2CCC1CC2. The van der Waals surface area contributed by atoms with Gasteiger partial charge in [0.2, 0.25) is 0 Å². The summed E-state index contributed by atoms with van der Waals surface area (Å²) in [6.45, 7) is 2.08. The molecule has 3 aliphatic heterocycles. The number of carbonyl (C=O) groups excluding carboxylic acids is 1. The minimum atomic E-state index is 0.279. The van der Waals surface area contributed by atoms with Crippen LogP contribution in [0.2, 0.25) is 0 Å². The van der Waals surface area contributed by atoms with Crippen molar-refractivity contribution < 1.29 is 4.79 Å². The zero-order valence-electron chi connectivity index (χ0n) is 9.53. The van der Waals surface area contributed by atoms with Gasteiger partial charge in [0.1, 0.15) is 0 Å². The second-order valence-electron chi connectivity index (χ2n) is 4.71. The number of piperidine rings is 3. The van der Waals surface area contributed by atoms with Gasteiger partial charge in [-0.15, -0.1) is 0 Å². The quantitative estimate of drug-likeness (QED) is 0.741. The summed E-state index contributed by atoms with van der Waals surface area (Å²) in [6, 6.07) is 8.09. The van der Waals surface area contributed by atoms with Crippen LogP contribution in [0, 0.1) is 5.92 Å². The number of nitrogens with zero attached hydrogens (tertiary/aromatic N) is 1. The van der Waals surface area contributed by atoms with E-state index in [4.69, 9.17) is 0 Å². The second-order valence-corrected chi connectivity index (χ2v) is 5.62. The van der Waals surface area contributed by atoms with Gasteiger partial charge in [-0.25, -0.2) is 0 Å². The summed E-state index contributed by atoms with van der Waals surface area (Å²) in [5.41, 5.74) is 2.01. The fourth-order valence-corrected chi connectivity index (χ4v) is 2.89. The molecule has 0 saturated carbocycles. The van der Waals surface area contributed by atoms with Gasteiger partial charge in [0, 0.05) is 23.5 Å². The number of hydrogen-bond acceptors (Lipinski definition) is 2. The first-order valence-corrected chi connectivity index (χ1v) is 6.80. The second kappa shape index (κ2) is 4.30. The van der Waals surface area contributed by atoms with Gasteiger partial charge < -0.3 is 4.90 Å². The highest BCUT2D eigenvalue weighted by Gasteiger charge is 2.36. The van der Waals surface area contributed by atoms with Crippen LogP contribution in [0.5, 0.6) is 0 Å². The number of hydrogen-bond donors (Lipinski definition) is 0. The van der Waals surface area contributed by atoms with E-state index in [2.05, 4.69) is 20.8 Å². The number of Topliss-reactive ketones (excluding diaryl/α,β-unsaturated/α-hetero) is 1. The number of fused-ring (bicyclic) bond motifs is 3. The van der Waals surface area contributed by atoms with Crippen LogP contribution in [0.3, 0.4) is 0 Å². The molecule has 88 valence electrons. The lowest BCUT2D eigenvalue weighted by molar-refractivity contribution is -0.125. The first-order chi connectivity index (χ1) is 8.24. The van der Waals surface area contributed by atoms with Gasteiger partial charge in [-0.2, -0.15) is 0 Å². The van der Waals surface area contributed by atoms with E-state index in [1.807, 2.05) is 30.3 Å². The van der Waals surface area contributed by atoms with E-state index in [0.29, 0.717) is 5.78 Å². The fraction of sp³-hybridized carbons (Fsp3) is 0.357. The molecule has 0 N–H and O–H groups in total. The van der Waals surface area contributed by atoms with Crippen molar-refractivity contribution in [1.29, 1.82) is 0 Å². The van der Waals surface area contributed by atoms with Gasteiger partial charge in [-0.05, 0) is 36.6 Å². The minimum absolute atomic E-state index is 0.279. The van der Waals surface area contributed by atoms with E-state index in [1.54, 1.807) is 0 Å². The van der Waals surface area contributed by atoms with Gasteiger partial charge in [-0.3, -0.25) is 4.79 Å². The van der Waals surface area contributed by atoms with E-state index in [9.17, 15) is 4.79 Å². The Labute approximate surface area is 109 Å². The Bertz CT molecular complexity index is 470. The first-order valence-electron chi connectivity index (χ1n) is 6.00. The van der Waals surface area contributed by atoms with Crippen molar-refractivity contribution in [1.82, 2.24) is 4.90 Å². The highest BCUT2D eigenvalue weighted by atomic mass is 79.9. The topological polar surface area (TPSA) is 20.3 Å². The molecule has 3 heterocycles. The normalized spacial score (nSPS) is 22.5. The Balaban J connectivity index is 1.93. The number of halogens is 1. The van der Waals surface area contributed by atoms with Gasteiger partial charge >= 0.3 is 0 Å². The molecule has 2 nitrogen and oxygen atoms in total. The number of benzene rings is 1. The summed E-state index contributed by atoms with van der Waals surface area (Å²) < 4.78 is 1.07. The molecule has 0 amide bonds. The molecule has 2 bridgehead atoms.